The Balaban J connectivity index is 1.88. The number of carbonyl (C=O) groups excluding carboxylic acids is 1. The van der Waals surface area contributed by atoms with Crippen LogP contribution in [-0.2, 0) is 0 Å². The van der Waals surface area contributed by atoms with E-state index < -0.39 is 5.91 Å². The zero-order chi connectivity index (χ0) is 20.8. The van der Waals surface area contributed by atoms with E-state index in [1.54, 1.807) is 25.5 Å². The molecule has 1 N–H and O–H groups in total. The van der Waals surface area contributed by atoms with Crippen LogP contribution in [0, 0.1) is 0 Å². The number of carbonyl (C=O) groups is 1. The lowest BCUT2D eigenvalue weighted by atomic mass is 10.0. The molecule has 3 aromatic carbocycles. The average Bonchev–Trinajstić information content (AvgIpc) is 2.77. The number of methoxy groups -OCH3 is 4. The third-order valence-corrected chi connectivity index (χ3v) is 4.44. The summed E-state index contributed by atoms with van der Waals surface area (Å²) < 4.78 is 21.3. The van der Waals surface area contributed by atoms with Gasteiger partial charge in [0.15, 0.2) is 11.5 Å². The number of rotatable bonds is 7. The molecule has 0 spiro atoms. The lowest BCUT2D eigenvalue weighted by Crippen LogP contribution is -2.18. The standard InChI is InChI=1S/C22H22N2O5/c1-26-18-10-9-14-7-5-6-8-16(14)17(18)13-23-24-22(25)15-11-19(27-2)21(29-4)20(12-15)28-3/h5-13H,1-4H3,(H,24,25). The number of benzene rings is 3. The first-order valence-electron chi connectivity index (χ1n) is 8.82. The molecule has 1 amide bonds. The minimum atomic E-state index is -0.417. The van der Waals surface area contributed by atoms with Gasteiger partial charge in [-0.25, -0.2) is 5.43 Å². The summed E-state index contributed by atoms with van der Waals surface area (Å²) in [5, 5.41) is 6.13. The highest BCUT2D eigenvalue weighted by atomic mass is 16.5. The van der Waals surface area contributed by atoms with Crippen LogP contribution in [0.1, 0.15) is 15.9 Å². The molecule has 0 fully saturated rings. The Hall–Kier alpha value is -3.74. The van der Waals surface area contributed by atoms with Crippen molar-refractivity contribution in [1.29, 1.82) is 0 Å². The fourth-order valence-electron chi connectivity index (χ4n) is 3.02. The van der Waals surface area contributed by atoms with Crippen LogP contribution in [0.5, 0.6) is 23.0 Å². The van der Waals surface area contributed by atoms with E-state index in [4.69, 9.17) is 18.9 Å². The van der Waals surface area contributed by atoms with Gasteiger partial charge in [0.05, 0.1) is 34.7 Å². The van der Waals surface area contributed by atoms with Crippen LogP contribution < -0.4 is 24.4 Å². The Morgan fingerprint density at radius 1 is 0.862 bits per heavy atom. The van der Waals surface area contributed by atoms with Crippen molar-refractivity contribution in [1.82, 2.24) is 5.43 Å². The molecule has 3 rings (SSSR count). The average molecular weight is 394 g/mol. The van der Waals surface area contributed by atoms with Crippen molar-refractivity contribution in [3.63, 3.8) is 0 Å². The molecule has 0 aliphatic carbocycles. The fourth-order valence-corrected chi connectivity index (χ4v) is 3.02. The Kier molecular flexibility index (Phi) is 6.19. The van der Waals surface area contributed by atoms with Gasteiger partial charge in [-0.2, -0.15) is 5.10 Å². The summed E-state index contributed by atoms with van der Waals surface area (Å²) in [4.78, 5) is 12.6. The zero-order valence-electron chi connectivity index (χ0n) is 16.7. The quantitative estimate of drug-likeness (QED) is 0.489. The molecular weight excluding hydrogens is 372 g/mol. The number of nitrogens with zero attached hydrogens (tertiary/aromatic N) is 1. The highest BCUT2D eigenvalue weighted by Crippen LogP contribution is 2.38. The highest BCUT2D eigenvalue weighted by molar-refractivity contribution is 6.03. The summed E-state index contributed by atoms with van der Waals surface area (Å²) in [7, 11) is 6.08. The molecule has 150 valence electrons. The summed E-state index contributed by atoms with van der Waals surface area (Å²) >= 11 is 0. The summed E-state index contributed by atoms with van der Waals surface area (Å²) in [6, 6.07) is 14.8. The molecule has 0 heterocycles. The van der Waals surface area contributed by atoms with Crippen LogP contribution in [0.15, 0.2) is 53.6 Å². The molecule has 29 heavy (non-hydrogen) atoms. The van der Waals surface area contributed by atoms with E-state index in [1.807, 2.05) is 36.4 Å². The lowest BCUT2D eigenvalue weighted by molar-refractivity contribution is 0.0954. The Labute approximate surface area is 168 Å². The molecule has 0 unspecified atom stereocenters. The molecule has 0 atom stereocenters. The minimum absolute atomic E-state index is 0.321. The van der Waals surface area contributed by atoms with Crippen molar-refractivity contribution in [2.75, 3.05) is 28.4 Å². The van der Waals surface area contributed by atoms with Gasteiger partial charge in [-0.05, 0) is 29.0 Å². The minimum Gasteiger partial charge on any atom is -0.496 e. The van der Waals surface area contributed by atoms with Crippen LogP contribution in [-0.4, -0.2) is 40.6 Å². The molecule has 0 saturated carbocycles. The normalized spacial score (nSPS) is 10.8. The second kappa shape index (κ2) is 8.97. The Bertz CT molecular complexity index is 1040. The van der Waals surface area contributed by atoms with Gasteiger partial charge < -0.3 is 18.9 Å². The van der Waals surface area contributed by atoms with Crippen molar-refractivity contribution in [3.05, 3.63) is 59.7 Å². The summed E-state index contributed by atoms with van der Waals surface area (Å²) in [5.41, 5.74) is 3.62. The number of ether oxygens (including phenoxy) is 4. The number of hydrogen-bond donors (Lipinski definition) is 1. The number of hydrogen-bond acceptors (Lipinski definition) is 6. The van der Waals surface area contributed by atoms with Crippen LogP contribution in [0.2, 0.25) is 0 Å². The van der Waals surface area contributed by atoms with Crippen LogP contribution in [0.25, 0.3) is 10.8 Å². The van der Waals surface area contributed by atoms with E-state index in [9.17, 15) is 4.79 Å². The van der Waals surface area contributed by atoms with Crippen molar-refractivity contribution in [2.45, 2.75) is 0 Å². The van der Waals surface area contributed by atoms with E-state index in [1.165, 1.54) is 21.3 Å². The molecule has 0 aliphatic heterocycles. The van der Waals surface area contributed by atoms with Gasteiger partial charge in [0.1, 0.15) is 5.75 Å². The number of nitrogens with one attached hydrogen (secondary N) is 1. The maximum absolute atomic E-state index is 12.6. The monoisotopic (exact) mass is 394 g/mol. The van der Waals surface area contributed by atoms with Crippen LogP contribution in [0.3, 0.4) is 0 Å². The molecule has 7 nitrogen and oxygen atoms in total. The molecule has 7 heteroatoms. The predicted molar refractivity (Wildman–Crippen MR) is 112 cm³/mol. The second-order valence-corrected chi connectivity index (χ2v) is 6.02. The van der Waals surface area contributed by atoms with Crippen molar-refractivity contribution in [2.24, 2.45) is 5.10 Å². The molecule has 3 aromatic rings. The molecule has 0 aromatic heterocycles. The largest absolute Gasteiger partial charge is 0.496 e. The molecule has 0 radical (unpaired) electrons. The van der Waals surface area contributed by atoms with Gasteiger partial charge in [0, 0.05) is 11.1 Å². The van der Waals surface area contributed by atoms with Gasteiger partial charge in [-0.3, -0.25) is 4.79 Å². The number of fused-ring (bicyclic) bond motifs is 1. The highest BCUT2D eigenvalue weighted by Gasteiger charge is 2.16. The second-order valence-electron chi connectivity index (χ2n) is 6.02. The maximum atomic E-state index is 12.6. The maximum Gasteiger partial charge on any atom is 0.271 e. The molecule has 0 bridgehead atoms. The van der Waals surface area contributed by atoms with E-state index in [0.717, 1.165) is 16.3 Å². The third kappa shape index (κ3) is 4.08. The first-order valence-corrected chi connectivity index (χ1v) is 8.82. The van der Waals surface area contributed by atoms with Gasteiger partial charge in [0.2, 0.25) is 5.75 Å². The van der Waals surface area contributed by atoms with Crippen molar-refractivity contribution >= 4 is 22.9 Å². The van der Waals surface area contributed by atoms with Crippen molar-refractivity contribution < 1.29 is 23.7 Å². The van der Waals surface area contributed by atoms with Crippen molar-refractivity contribution in [3.8, 4) is 23.0 Å². The van der Waals surface area contributed by atoms with Gasteiger partial charge in [0.25, 0.3) is 5.91 Å². The SMILES string of the molecule is COc1cc(C(=O)NN=Cc2c(OC)ccc3ccccc23)cc(OC)c1OC. The van der Waals surface area contributed by atoms with E-state index in [-0.39, 0.29) is 0 Å². The predicted octanol–water partition coefficient (Wildman–Crippen LogP) is 3.64. The number of amides is 1. The van der Waals surface area contributed by atoms with Crippen LogP contribution >= 0.6 is 0 Å². The van der Waals surface area contributed by atoms with Crippen LogP contribution in [0.4, 0.5) is 0 Å². The summed E-state index contributed by atoms with van der Waals surface area (Å²) in [6.45, 7) is 0. The van der Waals surface area contributed by atoms with E-state index in [2.05, 4.69) is 10.5 Å². The zero-order valence-corrected chi connectivity index (χ0v) is 16.7. The van der Waals surface area contributed by atoms with Gasteiger partial charge in [-0.1, -0.05) is 30.3 Å². The summed E-state index contributed by atoms with van der Waals surface area (Å²) in [6.07, 6.45) is 1.57. The third-order valence-electron chi connectivity index (χ3n) is 4.44. The summed E-state index contributed by atoms with van der Waals surface area (Å²) in [5.74, 6) is 1.43. The van der Waals surface area contributed by atoms with Gasteiger partial charge in [-0.15, -0.1) is 0 Å². The molecule has 0 saturated heterocycles. The Morgan fingerprint density at radius 2 is 1.52 bits per heavy atom. The first kappa shape index (κ1) is 20.0. The topological polar surface area (TPSA) is 78.4 Å². The van der Waals surface area contributed by atoms with E-state index >= 15 is 0 Å². The Morgan fingerprint density at radius 3 is 2.14 bits per heavy atom. The lowest BCUT2D eigenvalue weighted by Gasteiger charge is -2.13. The fraction of sp³-hybridized carbons (Fsp3) is 0.182. The van der Waals surface area contributed by atoms with E-state index in [0.29, 0.717) is 28.6 Å². The molecular formula is C22H22N2O5. The van der Waals surface area contributed by atoms with Gasteiger partial charge >= 0.3 is 0 Å². The number of hydrazone groups is 1. The first-order chi connectivity index (χ1) is 14.1. The smallest absolute Gasteiger partial charge is 0.271 e. The molecule has 0 aliphatic rings.